The number of carbonyl (C=O) groups excluding carboxylic acids is 1. The van der Waals surface area contributed by atoms with Crippen molar-refractivity contribution in [2.75, 3.05) is 19.8 Å². The van der Waals surface area contributed by atoms with Crippen LogP contribution in [0.4, 0.5) is 0 Å². The number of hydrogen-bond donors (Lipinski definition) is 0. The zero-order valence-electron chi connectivity index (χ0n) is 22.9. The van der Waals surface area contributed by atoms with Crippen LogP contribution < -0.4 is 0 Å². The Morgan fingerprint density at radius 1 is 1.24 bits per heavy atom. The maximum atomic E-state index is 13.6. The fourth-order valence-corrected chi connectivity index (χ4v) is 5.94. The normalized spacial score (nSPS) is 17.8. The highest BCUT2D eigenvalue weighted by molar-refractivity contribution is 6.76. The highest BCUT2D eigenvalue weighted by atomic mass is 28.3. The van der Waals surface area contributed by atoms with Crippen LogP contribution in [0.2, 0.25) is 25.7 Å². The summed E-state index contributed by atoms with van der Waals surface area (Å²) in [4.78, 5) is 17.9. The van der Waals surface area contributed by atoms with Gasteiger partial charge in [0.05, 0.1) is 0 Å². The summed E-state index contributed by atoms with van der Waals surface area (Å²) in [5.74, 6) is 0.214. The van der Waals surface area contributed by atoms with Gasteiger partial charge in [-0.05, 0) is 72.2 Å². The summed E-state index contributed by atoms with van der Waals surface area (Å²) in [5.41, 5.74) is 5.25. The first-order valence-corrected chi connectivity index (χ1v) is 17.4. The highest BCUT2D eigenvalue weighted by Crippen LogP contribution is 2.38. The largest absolute Gasteiger partial charge is 0.381 e. The average Bonchev–Trinajstić information content (AvgIpc) is 3.31. The second-order valence-electron chi connectivity index (χ2n) is 12.0. The van der Waals surface area contributed by atoms with E-state index in [0.717, 1.165) is 50.5 Å². The lowest BCUT2D eigenvalue weighted by Gasteiger charge is -2.35. The Bertz CT molecular complexity index is 1180. The summed E-state index contributed by atoms with van der Waals surface area (Å²) >= 11 is 0. The number of rotatable bonds is 10. The van der Waals surface area contributed by atoms with Crippen molar-refractivity contribution in [1.82, 2.24) is 9.55 Å². The van der Waals surface area contributed by atoms with Crippen molar-refractivity contribution in [3.63, 3.8) is 0 Å². The third-order valence-corrected chi connectivity index (χ3v) is 9.46. The molecule has 2 aromatic rings. The second kappa shape index (κ2) is 11.9. The van der Waals surface area contributed by atoms with Crippen LogP contribution >= 0.6 is 0 Å². The van der Waals surface area contributed by atoms with Crippen LogP contribution in [-0.2, 0) is 28.0 Å². The van der Waals surface area contributed by atoms with Crippen molar-refractivity contribution in [2.45, 2.75) is 89.7 Å². The van der Waals surface area contributed by atoms with E-state index in [1.54, 1.807) is 10.8 Å². The van der Waals surface area contributed by atoms with Crippen LogP contribution in [0.1, 0.15) is 78.5 Å². The molecule has 1 fully saturated rings. The summed E-state index contributed by atoms with van der Waals surface area (Å²) in [6.45, 7) is 11.7. The number of hydrogen-bond acceptors (Lipinski definition) is 5. The summed E-state index contributed by atoms with van der Waals surface area (Å²) in [6.07, 6.45) is 10.8. The quantitative estimate of drug-likeness (QED) is 0.203. The van der Waals surface area contributed by atoms with Gasteiger partial charge in [-0.25, -0.2) is 4.98 Å². The molecule has 1 saturated heterocycles. The molecule has 6 nitrogen and oxygen atoms in total. The first-order chi connectivity index (χ1) is 17.7. The zero-order valence-corrected chi connectivity index (χ0v) is 23.9. The van der Waals surface area contributed by atoms with Crippen LogP contribution in [0.15, 0.2) is 30.5 Å². The summed E-state index contributed by atoms with van der Waals surface area (Å²) < 4.78 is 13.2. The van der Waals surface area contributed by atoms with Crippen LogP contribution in [-0.4, -0.2) is 43.2 Å². The van der Waals surface area contributed by atoms with Crippen molar-refractivity contribution >= 4 is 19.4 Å². The molecule has 0 saturated carbocycles. The maximum Gasteiger partial charge on any atom is 0.202 e. The zero-order chi connectivity index (χ0) is 26.5. The molecular formula is C30H41N3O3Si. The SMILES string of the molecule is CC1(c2ccc(CC(=O)c3nc(C#N)cn3COCC[Si](C)(C)C)c(C3=CCCCC3)c2)CCOCC1. The number of nitriles is 1. The number of carbonyl (C=O) groups is 1. The molecule has 0 N–H and O–H groups in total. The Kier molecular flexibility index (Phi) is 8.84. The molecule has 1 aromatic carbocycles. The number of nitrogens with zero attached hydrogens (tertiary/aromatic N) is 3. The van der Waals surface area contributed by atoms with Crippen LogP contribution in [0, 0.1) is 11.3 Å². The predicted molar refractivity (Wildman–Crippen MR) is 149 cm³/mol. The van der Waals surface area contributed by atoms with Crippen LogP contribution in [0.25, 0.3) is 5.57 Å². The first kappa shape index (κ1) is 27.5. The molecule has 1 aliphatic heterocycles. The van der Waals surface area contributed by atoms with E-state index in [0.29, 0.717) is 12.4 Å². The fraction of sp³-hybridized carbons (Fsp3) is 0.567. The van der Waals surface area contributed by atoms with Gasteiger partial charge in [0.15, 0.2) is 11.5 Å². The van der Waals surface area contributed by atoms with Gasteiger partial charge in [-0.2, -0.15) is 5.26 Å². The van der Waals surface area contributed by atoms with E-state index in [-0.39, 0.29) is 30.0 Å². The molecule has 0 atom stereocenters. The van der Waals surface area contributed by atoms with Gasteiger partial charge in [-0.15, -0.1) is 0 Å². The molecule has 0 amide bonds. The minimum atomic E-state index is -1.21. The molecule has 0 radical (unpaired) electrons. The molecule has 1 aromatic heterocycles. The van der Waals surface area contributed by atoms with Gasteiger partial charge in [0, 0.05) is 40.5 Å². The molecule has 4 rings (SSSR count). The molecule has 0 spiro atoms. The van der Waals surface area contributed by atoms with E-state index >= 15 is 0 Å². The molecular weight excluding hydrogens is 478 g/mol. The minimum absolute atomic E-state index is 0.0852. The standard InChI is InChI=1S/C30H41N3O3Si/c1-30(12-14-35-15-13-30)25-11-10-24(27(19-25)23-8-6-5-7-9-23)18-28(34)29-32-26(20-31)21-33(29)22-36-16-17-37(2,3)4/h8,10-11,19,21H,5-7,9,12-18,22H2,1-4H3. The van der Waals surface area contributed by atoms with E-state index in [1.807, 2.05) is 0 Å². The first-order valence-electron chi connectivity index (χ1n) is 13.7. The van der Waals surface area contributed by atoms with Crippen LogP contribution in [0.5, 0.6) is 0 Å². The number of imidazole rings is 1. The van der Waals surface area contributed by atoms with Gasteiger partial charge in [0.1, 0.15) is 12.8 Å². The molecule has 2 aliphatic rings. The minimum Gasteiger partial charge on any atom is -0.381 e. The number of aromatic nitrogens is 2. The van der Waals surface area contributed by atoms with E-state index < -0.39 is 8.07 Å². The number of benzene rings is 1. The van der Waals surface area contributed by atoms with Gasteiger partial charge < -0.3 is 14.0 Å². The Morgan fingerprint density at radius 2 is 2.03 bits per heavy atom. The van der Waals surface area contributed by atoms with Gasteiger partial charge in [-0.3, -0.25) is 4.79 Å². The summed E-state index contributed by atoms with van der Waals surface area (Å²) in [7, 11) is -1.21. The monoisotopic (exact) mass is 519 g/mol. The highest BCUT2D eigenvalue weighted by Gasteiger charge is 2.30. The molecule has 1 aliphatic carbocycles. The van der Waals surface area contributed by atoms with Crippen molar-refractivity contribution in [2.24, 2.45) is 0 Å². The van der Waals surface area contributed by atoms with E-state index in [2.05, 4.69) is 61.9 Å². The van der Waals surface area contributed by atoms with Crippen molar-refractivity contribution in [3.05, 3.63) is 58.7 Å². The van der Waals surface area contributed by atoms with Crippen molar-refractivity contribution in [3.8, 4) is 6.07 Å². The van der Waals surface area contributed by atoms with E-state index in [9.17, 15) is 10.1 Å². The number of ether oxygens (including phenoxy) is 2. The van der Waals surface area contributed by atoms with Gasteiger partial charge in [-0.1, -0.05) is 50.8 Å². The van der Waals surface area contributed by atoms with Crippen molar-refractivity contribution in [1.29, 1.82) is 5.26 Å². The second-order valence-corrected chi connectivity index (χ2v) is 17.6. The summed E-state index contributed by atoms with van der Waals surface area (Å²) in [5, 5.41) is 9.43. The molecule has 0 unspecified atom stereocenters. The number of Topliss-reactive ketones (excluding diaryl/α,β-unsaturated/α-hetero) is 1. The lowest BCUT2D eigenvalue weighted by Crippen LogP contribution is -2.30. The van der Waals surface area contributed by atoms with Crippen molar-refractivity contribution < 1.29 is 14.3 Å². The third kappa shape index (κ3) is 7.07. The Balaban J connectivity index is 1.59. The molecule has 2 heterocycles. The topological polar surface area (TPSA) is 77.1 Å². The Labute approximate surface area is 222 Å². The maximum absolute atomic E-state index is 13.6. The molecule has 7 heteroatoms. The fourth-order valence-electron chi connectivity index (χ4n) is 5.18. The average molecular weight is 520 g/mol. The molecule has 198 valence electrons. The Hall–Kier alpha value is -2.53. The molecule has 37 heavy (non-hydrogen) atoms. The van der Waals surface area contributed by atoms with Gasteiger partial charge in [0.25, 0.3) is 0 Å². The number of ketones is 1. The van der Waals surface area contributed by atoms with Crippen LogP contribution in [0.3, 0.4) is 0 Å². The number of allylic oxidation sites excluding steroid dienone is 2. The predicted octanol–water partition coefficient (Wildman–Crippen LogP) is 6.52. The Morgan fingerprint density at radius 3 is 2.70 bits per heavy atom. The summed E-state index contributed by atoms with van der Waals surface area (Å²) in [6, 6.07) is 9.80. The lowest BCUT2D eigenvalue weighted by atomic mass is 9.74. The van der Waals surface area contributed by atoms with Gasteiger partial charge in [0.2, 0.25) is 5.78 Å². The lowest BCUT2D eigenvalue weighted by molar-refractivity contribution is 0.0564. The van der Waals surface area contributed by atoms with E-state index in [1.165, 1.54) is 29.5 Å². The smallest absolute Gasteiger partial charge is 0.202 e. The van der Waals surface area contributed by atoms with E-state index in [4.69, 9.17) is 9.47 Å². The third-order valence-electron chi connectivity index (χ3n) is 7.76. The molecule has 0 bridgehead atoms. The van der Waals surface area contributed by atoms with Gasteiger partial charge >= 0.3 is 0 Å².